The molecule has 0 amide bonds. The summed E-state index contributed by atoms with van der Waals surface area (Å²) < 4.78 is 4.08. The Kier molecular flexibility index (Phi) is 4.84. The number of carboxylic acids is 1. The summed E-state index contributed by atoms with van der Waals surface area (Å²) in [7, 11) is 0. The molecule has 1 N–H and O–H groups in total. The third-order valence-corrected chi connectivity index (χ3v) is 0.506. The van der Waals surface area contributed by atoms with Crippen LogP contribution in [0.5, 0.6) is 0 Å². The van der Waals surface area contributed by atoms with Crippen LogP contribution in [-0.2, 0) is 14.3 Å². The topological polar surface area (TPSA) is 88.3 Å². The number of carbonyl (C=O) groups excluding carboxylic acids is 1. The highest BCUT2D eigenvalue weighted by atomic mass is 16.5. The van der Waals surface area contributed by atoms with Gasteiger partial charge in [-0.05, 0) is 0 Å². The largest absolute Gasteiger partial charge is 0.480 e. The number of azo groups is 1. The van der Waals surface area contributed by atoms with Crippen molar-refractivity contribution in [1.29, 1.82) is 0 Å². The average Bonchev–Trinajstić information content (AvgIpc) is 1.87. The van der Waals surface area contributed by atoms with E-state index in [1.807, 2.05) is 0 Å². The monoisotopic (exact) mass is 146 g/mol. The Balaban J connectivity index is 3.20. The highest BCUT2D eigenvalue weighted by Crippen LogP contribution is 1.76. The van der Waals surface area contributed by atoms with E-state index in [-0.39, 0.29) is 13.2 Å². The van der Waals surface area contributed by atoms with Crippen molar-refractivity contribution in [3.8, 4) is 0 Å². The molecule has 0 spiro atoms. The second kappa shape index (κ2) is 5.67. The van der Waals surface area contributed by atoms with Gasteiger partial charge >= 0.3 is 5.97 Å². The summed E-state index contributed by atoms with van der Waals surface area (Å²) in [4.78, 5) is 19.2. The van der Waals surface area contributed by atoms with Crippen LogP contribution >= 0.6 is 0 Å². The number of hydrogen-bond acceptors (Lipinski definition) is 5. The molecule has 0 saturated carbocycles. The van der Waals surface area contributed by atoms with Crippen molar-refractivity contribution in [1.82, 2.24) is 0 Å². The molecule has 10 heavy (non-hydrogen) atoms. The lowest BCUT2D eigenvalue weighted by molar-refractivity contribution is -0.135. The molecule has 0 aliphatic heterocycles. The summed E-state index contributed by atoms with van der Waals surface area (Å²) >= 11 is 0. The van der Waals surface area contributed by atoms with Crippen molar-refractivity contribution in [3.05, 3.63) is 0 Å². The first-order chi connectivity index (χ1) is 4.77. The molecular weight excluding hydrogens is 140 g/mol. The van der Waals surface area contributed by atoms with Gasteiger partial charge in [0, 0.05) is 0 Å². The fraction of sp³-hybridized carbons (Fsp3) is 0.500. The number of aliphatic carboxylic acids is 1. The van der Waals surface area contributed by atoms with Crippen LogP contribution in [-0.4, -0.2) is 30.8 Å². The number of hydrogen-bond donors (Lipinski definition) is 1. The van der Waals surface area contributed by atoms with E-state index < -0.39 is 12.5 Å². The number of nitrogens with zero attached hydrogens (tertiary/aromatic N) is 2. The first-order valence-corrected chi connectivity index (χ1v) is 2.37. The van der Waals surface area contributed by atoms with E-state index in [2.05, 4.69) is 15.0 Å². The van der Waals surface area contributed by atoms with E-state index >= 15 is 0 Å². The van der Waals surface area contributed by atoms with Gasteiger partial charge < -0.3 is 9.84 Å². The lowest BCUT2D eigenvalue weighted by Crippen LogP contribution is -1.98. The Morgan fingerprint density at radius 1 is 1.60 bits per heavy atom. The Hall–Kier alpha value is -1.46. The molecule has 0 atom stereocenters. The van der Waals surface area contributed by atoms with Crippen molar-refractivity contribution >= 4 is 12.4 Å². The molecule has 0 aromatic heterocycles. The zero-order chi connectivity index (χ0) is 7.82. The second-order valence-electron chi connectivity index (χ2n) is 1.23. The van der Waals surface area contributed by atoms with E-state index in [1.165, 1.54) is 0 Å². The summed E-state index contributed by atoms with van der Waals surface area (Å²) in [6.45, 7) is -0.418. The van der Waals surface area contributed by atoms with Crippen LogP contribution in [0.1, 0.15) is 0 Å². The summed E-state index contributed by atoms with van der Waals surface area (Å²) in [5.41, 5.74) is 0. The Labute approximate surface area is 56.5 Å². The van der Waals surface area contributed by atoms with Crippen LogP contribution in [0, 0.1) is 0 Å². The Bertz CT molecular complexity index is 144. The number of carboxylic acid groups (broad SMARTS) is 1. The average molecular weight is 146 g/mol. The number of carbonyl (C=O) groups is 2. The fourth-order valence-electron chi connectivity index (χ4n) is 0.215. The molecule has 0 radical (unpaired) electrons. The molecule has 0 unspecified atom stereocenters. The molecule has 0 aliphatic rings. The highest BCUT2D eigenvalue weighted by molar-refractivity contribution is 5.69. The van der Waals surface area contributed by atoms with Crippen LogP contribution < -0.4 is 0 Å². The predicted molar refractivity (Wildman–Crippen MR) is 29.4 cm³/mol. The van der Waals surface area contributed by atoms with Crippen LogP contribution in [0.2, 0.25) is 0 Å². The molecule has 0 saturated heterocycles. The first-order valence-electron chi connectivity index (χ1n) is 2.37. The standard InChI is InChI=1S/C4H6N2O4/c7-3-10-2-6-5-1-4(8)9/h3H,1-2H2,(H,8,9). The lowest BCUT2D eigenvalue weighted by atomic mass is 10.7. The summed E-state index contributed by atoms with van der Waals surface area (Å²) in [5, 5.41) is 14.3. The summed E-state index contributed by atoms with van der Waals surface area (Å²) in [5.74, 6) is -1.07. The maximum Gasteiger partial charge on any atom is 0.327 e. The third-order valence-electron chi connectivity index (χ3n) is 0.506. The molecule has 0 bridgehead atoms. The van der Waals surface area contributed by atoms with Gasteiger partial charge in [0.2, 0.25) is 6.73 Å². The van der Waals surface area contributed by atoms with Gasteiger partial charge in [0.15, 0.2) is 6.54 Å². The summed E-state index contributed by atoms with van der Waals surface area (Å²) in [6.07, 6.45) is 0. The van der Waals surface area contributed by atoms with Crippen molar-refractivity contribution in [3.63, 3.8) is 0 Å². The minimum Gasteiger partial charge on any atom is -0.480 e. The first kappa shape index (κ1) is 8.54. The van der Waals surface area contributed by atoms with Gasteiger partial charge in [-0.25, -0.2) is 0 Å². The van der Waals surface area contributed by atoms with E-state index in [0.717, 1.165) is 0 Å². The molecule has 0 rings (SSSR count). The SMILES string of the molecule is O=COCN=NCC(=O)O. The second-order valence-corrected chi connectivity index (χ2v) is 1.23. The van der Waals surface area contributed by atoms with E-state index in [9.17, 15) is 9.59 Å². The maximum absolute atomic E-state index is 9.77. The smallest absolute Gasteiger partial charge is 0.327 e. The zero-order valence-corrected chi connectivity index (χ0v) is 5.06. The van der Waals surface area contributed by atoms with Gasteiger partial charge in [0.05, 0.1) is 0 Å². The van der Waals surface area contributed by atoms with Gasteiger partial charge in [0.25, 0.3) is 6.47 Å². The van der Waals surface area contributed by atoms with Crippen LogP contribution in [0.15, 0.2) is 10.2 Å². The van der Waals surface area contributed by atoms with Crippen LogP contribution in [0.25, 0.3) is 0 Å². The van der Waals surface area contributed by atoms with E-state index in [4.69, 9.17) is 5.11 Å². The molecule has 0 aromatic rings. The highest BCUT2D eigenvalue weighted by Gasteiger charge is 1.89. The summed E-state index contributed by atoms with van der Waals surface area (Å²) in [6, 6.07) is 0. The van der Waals surface area contributed by atoms with Gasteiger partial charge in [0.1, 0.15) is 0 Å². The maximum atomic E-state index is 9.77. The van der Waals surface area contributed by atoms with Gasteiger partial charge in [-0.3, -0.25) is 9.59 Å². The van der Waals surface area contributed by atoms with Gasteiger partial charge in [-0.1, -0.05) is 0 Å². The predicted octanol–water partition coefficient (Wildman–Crippen LogP) is -0.346. The van der Waals surface area contributed by atoms with Crippen molar-refractivity contribution < 1.29 is 19.4 Å². The van der Waals surface area contributed by atoms with Crippen molar-refractivity contribution in [2.45, 2.75) is 0 Å². The normalized spacial score (nSPS) is 9.60. The molecule has 56 valence electrons. The van der Waals surface area contributed by atoms with E-state index in [0.29, 0.717) is 0 Å². The molecule has 0 aromatic carbocycles. The molecule has 0 heterocycles. The quantitative estimate of drug-likeness (QED) is 0.326. The molecule has 0 fully saturated rings. The minimum atomic E-state index is -1.07. The lowest BCUT2D eigenvalue weighted by Gasteiger charge is -1.86. The Morgan fingerprint density at radius 3 is 2.80 bits per heavy atom. The molecular formula is C4H6N2O4. The Morgan fingerprint density at radius 2 is 2.30 bits per heavy atom. The van der Waals surface area contributed by atoms with Crippen LogP contribution in [0.4, 0.5) is 0 Å². The van der Waals surface area contributed by atoms with Gasteiger partial charge in [-0.15, -0.1) is 0 Å². The molecule has 6 nitrogen and oxygen atoms in total. The molecule has 0 aliphatic carbocycles. The van der Waals surface area contributed by atoms with Gasteiger partial charge in [-0.2, -0.15) is 10.2 Å². The molecule has 6 heteroatoms. The van der Waals surface area contributed by atoms with Crippen LogP contribution in [0.3, 0.4) is 0 Å². The number of ether oxygens (including phenoxy) is 1. The number of rotatable bonds is 5. The van der Waals surface area contributed by atoms with E-state index in [1.54, 1.807) is 0 Å². The van der Waals surface area contributed by atoms with Crippen molar-refractivity contribution in [2.75, 3.05) is 13.3 Å². The zero-order valence-electron chi connectivity index (χ0n) is 5.06. The van der Waals surface area contributed by atoms with Crippen molar-refractivity contribution in [2.24, 2.45) is 10.2 Å². The minimum absolute atomic E-state index is 0.208. The fourth-order valence-corrected chi connectivity index (χ4v) is 0.215. The third kappa shape index (κ3) is 6.54.